The molecule has 0 spiro atoms. The van der Waals surface area contributed by atoms with Crippen LogP contribution in [-0.2, 0) is 4.79 Å². The molecule has 9 heteroatoms. The number of carbonyl (C=O) groups is 2. The van der Waals surface area contributed by atoms with Crippen molar-refractivity contribution in [3.8, 4) is 5.75 Å². The van der Waals surface area contributed by atoms with E-state index in [-0.39, 0.29) is 52.1 Å². The maximum Gasteiger partial charge on any atom is 0.289 e. The molecular formula is C20H21ClF2N2O3S. The van der Waals surface area contributed by atoms with Gasteiger partial charge in [0.05, 0.1) is 27.8 Å². The third kappa shape index (κ3) is 7.21. The lowest BCUT2D eigenvalue weighted by Crippen LogP contribution is -2.26. The van der Waals surface area contributed by atoms with E-state index >= 15 is 0 Å². The van der Waals surface area contributed by atoms with Crippen molar-refractivity contribution in [1.82, 2.24) is 5.32 Å². The molecule has 0 aliphatic carbocycles. The predicted molar refractivity (Wildman–Crippen MR) is 111 cm³/mol. The van der Waals surface area contributed by atoms with Crippen molar-refractivity contribution in [3.63, 3.8) is 0 Å². The molecule has 5 nitrogen and oxygen atoms in total. The van der Waals surface area contributed by atoms with Gasteiger partial charge in [-0.2, -0.15) is 8.78 Å². The minimum absolute atomic E-state index is 0.110. The average Bonchev–Trinajstić information content (AvgIpc) is 2.68. The molecular weight excluding hydrogens is 422 g/mol. The molecule has 0 unspecified atom stereocenters. The summed E-state index contributed by atoms with van der Waals surface area (Å²) in [5, 5.41) is 5.48. The Balaban J connectivity index is 1.84. The van der Waals surface area contributed by atoms with Gasteiger partial charge in [0.1, 0.15) is 5.75 Å². The molecule has 156 valence electrons. The van der Waals surface area contributed by atoms with E-state index in [1.165, 1.54) is 12.1 Å². The fourth-order valence-corrected chi connectivity index (χ4v) is 3.42. The fraction of sp³-hybridized carbons (Fsp3) is 0.300. The molecule has 0 radical (unpaired) electrons. The number of halogens is 3. The van der Waals surface area contributed by atoms with Gasteiger partial charge in [0.2, 0.25) is 5.91 Å². The Morgan fingerprint density at radius 1 is 1.17 bits per heavy atom. The third-order valence-corrected chi connectivity index (χ3v) is 5.03. The van der Waals surface area contributed by atoms with Crippen LogP contribution >= 0.6 is 23.4 Å². The molecule has 0 fully saturated rings. The van der Waals surface area contributed by atoms with E-state index in [2.05, 4.69) is 10.6 Å². The first kappa shape index (κ1) is 23.0. The lowest BCUT2D eigenvalue weighted by atomic mass is 10.2. The van der Waals surface area contributed by atoms with Gasteiger partial charge in [-0.3, -0.25) is 9.59 Å². The van der Waals surface area contributed by atoms with E-state index in [1.54, 1.807) is 30.3 Å². The summed E-state index contributed by atoms with van der Waals surface area (Å²) >= 11 is 6.23. The number of nitrogens with one attached hydrogen (secondary N) is 2. The Bertz CT molecular complexity index is 852. The number of benzene rings is 2. The molecule has 0 atom stereocenters. The number of alkyl halides is 2. The van der Waals surface area contributed by atoms with Crippen molar-refractivity contribution >= 4 is 40.9 Å². The highest BCUT2D eigenvalue weighted by molar-refractivity contribution is 7.99. The molecule has 2 N–H and O–H groups in total. The number of thioether (sulfide) groups is 1. The van der Waals surface area contributed by atoms with Crippen LogP contribution in [0.2, 0.25) is 5.02 Å². The summed E-state index contributed by atoms with van der Waals surface area (Å²) in [6, 6.07) is 11.5. The number of amides is 2. The lowest BCUT2D eigenvalue weighted by molar-refractivity contribution is -0.116. The second-order valence-electron chi connectivity index (χ2n) is 5.83. The van der Waals surface area contributed by atoms with Crippen molar-refractivity contribution in [2.45, 2.75) is 30.4 Å². The SMILES string of the molecule is CCOc1ccccc1C(=O)NCCCC(=O)Nc1cccc(Cl)c1SC(F)F. The van der Waals surface area contributed by atoms with Crippen LogP contribution in [-0.4, -0.2) is 30.7 Å². The van der Waals surface area contributed by atoms with Gasteiger partial charge in [-0.05, 0) is 37.6 Å². The first-order valence-corrected chi connectivity index (χ1v) is 10.2. The molecule has 0 bridgehead atoms. The summed E-state index contributed by atoms with van der Waals surface area (Å²) in [5.74, 6) is -2.80. The van der Waals surface area contributed by atoms with Gasteiger partial charge in [-0.25, -0.2) is 0 Å². The molecule has 2 aromatic rings. The number of hydrogen-bond donors (Lipinski definition) is 2. The molecule has 0 aliphatic heterocycles. The molecule has 2 amide bonds. The predicted octanol–water partition coefficient (Wildman–Crippen LogP) is 5.20. The summed E-state index contributed by atoms with van der Waals surface area (Å²) in [6.45, 7) is 2.55. The van der Waals surface area contributed by atoms with Crippen LogP contribution in [0.3, 0.4) is 0 Å². The molecule has 0 aromatic heterocycles. The van der Waals surface area contributed by atoms with Gasteiger partial charge in [0.15, 0.2) is 0 Å². The van der Waals surface area contributed by atoms with E-state index in [9.17, 15) is 18.4 Å². The van der Waals surface area contributed by atoms with Gasteiger partial charge in [-0.15, -0.1) is 0 Å². The number of carbonyl (C=O) groups excluding carboxylic acids is 2. The molecule has 2 rings (SSSR count). The third-order valence-electron chi connectivity index (χ3n) is 3.75. The van der Waals surface area contributed by atoms with E-state index in [0.29, 0.717) is 24.3 Å². The van der Waals surface area contributed by atoms with Crippen molar-refractivity contribution in [2.24, 2.45) is 0 Å². The summed E-state index contributed by atoms with van der Waals surface area (Å²) in [5.41, 5.74) is 0.661. The highest BCUT2D eigenvalue weighted by Crippen LogP contribution is 2.37. The van der Waals surface area contributed by atoms with Crippen molar-refractivity contribution < 1.29 is 23.1 Å². The van der Waals surface area contributed by atoms with Gasteiger partial charge in [-0.1, -0.05) is 41.6 Å². The molecule has 0 saturated carbocycles. The Labute approximate surface area is 177 Å². The minimum atomic E-state index is -2.65. The Morgan fingerprint density at radius 2 is 1.93 bits per heavy atom. The van der Waals surface area contributed by atoms with Crippen LogP contribution in [0.1, 0.15) is 30.1 Å². The van der Waals surface area contributed by atoms with Crippen molar-refractivity contribution in [3.05, 3.63) is 53.1 Å². The smallest absolute Gasteiger partial charge is 0.289 e. The quantitative estimate of drug-likeness (QED) is 0.392. The summed E-state index contributed by atoms with van der Waals surface area (Å²) in [4.78, 5) is 24.5. The minimum Gasteiger partial charge on any atom is -0.493 e. The van der Waals surface area contributed by atoms with Crippen LogP contribution < -0.4 is 15.4 Å². The van der Waals surface area contributed by atoms with Gasteiger partial charge in [0, 0.05) is 13.0 Å². The number of hydrogen-bond acceptors (Lipinski definition) is 4. The standard InChI is InChI=1S/C20H21ClF2N2O3S/c1-2-28-16-10-4-3-7-13(16)19(27)24-12-6-11-17(26)25-15-9-5-8-14(21)18(15)29-20(22)23/h3-5,7-10,20H,2,6,11-12H2,1H3,(H,24,27)(H,25,26). The first-order valence-electron chi connectivity index (χ1n) is 8.95. The van der Waals surface area contributed by atoms with Gasteiger partial charge < -0.3 is 15.4 Å². The Morgan fingerprint density at radius 3 is 2.66 bits per heavy atom. The molecule has 0 aliphatic rings. The zero-order valence-corrected chi connectivity index (χ0v) is 17.3. The van der Waals surface area contributed by atoms with Crippen LogP contribution in [0.15, 0.2) is 47.4 Å². The highest BCUT2D eigenvalue weighted by Gasteiger charge is 2.16. The first-order chi connectivity index (χ1) is 13.9. The Hall–Kier alpha value is -2.32. The van der Waals surface area contributed by atoms with Crippen molar-refractivity contribution in [1.29, 1.82) is 0 Å². The van der Waals surface area contributed by atoms with E-state index in [0.717, 1.165) is 0 Å². The maximum absolute atomic E-state index is 12.7. The number of ether oxygens (including phenoxy) is 1. The summed E-state index contributed by atoms with van der Waals surface area (Å²) < 4.78 is 30.8. The molecule has 0 heterocycles. The number of rotatable bonds is 10. The average molecular weight is 443 g/mol. The van der Waals surface area contributed by atoms with Crippen LogP contribution in [0.4, 0.5) is 14.5 Å². The van der Waals surface area contributed by atoms with Gasteiger partial charge in [0.25, 0.3) is 11.7 Å². The highest BCUT2D eigenvalue weighted by atomic mass is 35.5. The number of para-hydroxylation sites is 1. The maximum atomic E-state index is 12.7. The largest absolute Gasteiger partial charge is 0.493 e. The lowest BCUT2D eigenvalue weighted by Gasteiger charge is -2.12. The second kappa shape index (κ2) is 11.6. The molecule has 29 heavy (non-hydrogen) atoms. The fourth-order valence-electron chi connectivity index (χ4n) is 2.51. The van der Waals surface area contributed by atoms with E-state index in [1.807, 2.05) is 6.92 Å². The van der Waals surface area contributed by atoms with E-state index < -0.39 is 5.76 Å². The van der Waals surface area contributed by atoms with E-state index in [4.69, 9.17) is 16.3 Å². The van der Waals surface area contributed by atoms with Gasteiger partial charge >= 0.3 is 0 Å². The zero-order valence-electron chi connectivity index (χ0n) is 15.7. The summed E-state index contributed by atoms with van der Waals surface area (Å²) in [7, 11) is 0. The molecule has 0 saturated heterocycles. The monoisotopic (exact) mass is 442 g/mol. The normalized spacial score (nSPS) is 10.7. The van der Waals surface area contributed by atoms with Crippen LogP contribution in [0, 0.1) is 0 Å². The van der Waals surface area contributed by atoms with Crippen LogP contribution in [0.5, 0.6) is 5.75 Å². The number of anilines is 1. The topological polar surface area (TPSA) is 67.4 Å². The summed E-state index contributed by atoms with van der Waals surface area (Å²) in [6.07, 6.45) is 0.491. The second-order valence-corrected chi connectivity index (χ2v) is 7.24. The zero-order chi connectivity index (χ0) is 21.2. The molecule has 2 aromatic carbocycles. The van der Waals surface area contributed by atoms with Crippen LogP contribution in [0.25, 0.3) is 0 Å². The Kier molecular flexibility index (Phi) is 9.21. The van der Waals surface area contributed by atoms with Crippen molar-refractivity contribution in [2.75, 3.05) is 18.5 Å².